The number of phenolic OH excluding ortho intramolecular Hbond substituents is 1. The van der Waals surface area contributed by atoms with E-state index >= 15 is 0 Å². The first kappa shape index (κ1) is 14.8. The lowest BCUT2D eigenvalue weighted by atomic mass is 10.1. The lowest BCUT2D eigenvalue weighted by Gasteiger charge is -2.25. The van der Waals surface area contributed by atoms with Crippen LogP contribution in [0.1, 0.15) is 6.42 Å². The summed E-state index contributed by atoms with van der Waals surface area (Å²) in [6.07, 6.45) is 2.52. The van der Waals surface area contributed by atoms with Crippen LogP contribution in [0.15, 0.2) is 34.7 Å². The Bertz CT molecular complexity index is 625. The van der Waals surface area contributed by atoms with E-state index < -0.39 is 10.0 Å². The molecule has 0 saturated carbocycles. The van der Waals surface area contributed by atoms with Gasteiger partial charge in [-0.05, 0) is 30.2 Å². The number of sulfonamides is 1. The third kappa shape index (κ3) is 2.95. The van der Waals surface area contributed by atoms with E-state index in [1.54, 1.807) is 7.11 Å². The number of nitrogen functional groups attached to an aromatic ring is 1. The Hall–Kier alpha value is -1.57. The molecule has 20 heavy (non-hydrogen) atoms. The van der Waals surface area contributed by atoms with Crippen molar-refractivity contribution >= 4 is 15.7 Å². The first-order valence-corrected chi connectivity index (χ1v) is 7.64. The largest absolute Gasteiger partial charge is 0.506 e. The molecule has 7 heteroatoms. The van der Waals surface area contributed by atoms with Crippen molar-refractivity contribution in [3.8, 4) is 5.75 Å². The van der Waals surface area contributed by atoms with Gasteiger partial charge in [0.15, 0.2) is 0 Å². The topological polar surface area (TPSA) is 92.9 Å². The number of nitrogens with two attached hydrogens (primary N) is 1. The fourth-order valence-electron chi connectivity index (χ4n) is 2.07. The molecule has 0 spiro atoms. The van der Waals surface area contributed by atoms with Gasteiger partial charge in [-0.3, -0.25) is 0 Å². The highest BCUT2D eigenvalue weighted by atomic mass is 32.2. The van der Waals surface area contributed by atoms with Gasteiger partial charge < -0.3 is 15.6 Å². The number of ether oxygens (including phenoxy) is 1. The van der Waals surface area contributed by atoms with Gasteiger partial charge in [0.1, 0.15) is 5.75 Å². The summed E-state index contributed by atoms with van der Waals surface area (Å²) >= 11 is 0. The zero-order valence-corrected chi connectivity index (χ0v) is 12.1. The number of methoxy groups -OCH3 is 1. The molecule has 0 unspecified atom stereocenters. The van der Waals surface area contributed by atoms with E-state index in [0.29, 0.717) is 26.1 Å². The molecule has 0 aromatic heterocycles. The number of nitrogens with zero attached hydrogens (tertiary/aromatic N) is 1. The minimum atomic E-state index is -3.58. The maximum absolute atomic E-state index is 12.4. The summed E-state index contributed by atoms with van der Waals surface area (Å²) < 4.78 is 31.3. The molecule has 1 heterocycles. The van der Waals surface area contributed by atoms with Crippen LogP contribution in [0.3, 0.4) is 0 Å². The van der Waals surface area contributed by atoms with E-state index in [0.717, 1.165) is 5.57 Å². The van der Waals surface area contributed by atoms with Crippen molar-refractivity contribution in [2.45, 2.75) is 11.3 Å². The van der Waals surface area contributed by atoms with Crippen molar-refractivity contribution in [2.75, 3.05) is 32.5 Å². The summed E-state index contributed by atoms with van der Waals surface area (Å²) in [4.78, 5) is 0.0939. The molecule has 1 aliphatic heterocycles. The second kappa shape index (κ2) is 5.82. The predicted molar refractivity (Wildman–Crippen MR) is 75.9 cm³/mol. The Morgan fingerprint density at radius 1 is 1.45 bits per heavy atom. The van der Waals surface area contributed by atoms with E-state index in [4.69, 9.17) is 10.5 Å². The van der Waals surface area contributed by atoms with Crippen molar-refractivity contribution < 1.29 is 18.3 Å². The Labute approximate surface area is 118 Å². The minimum Gasteiger partial charge on any atom is -0.506 e. The molecular formula is C13H18N2O4S. The zero-order valence-electron chi connectivity index (χ0n) is 11.2. The number of hydrogen-bond acceptors (Lipinski definition) is 5. The number of hydrogen-bond donors (Lipinski definition) is 2. The number of aromatic hydroxyl groups is 1. The molecule has 110 valence electrons. The molecule has 1 aliphatic rings. The fraction of sp³-hybridized carbons (Fsp3) is 0.385. The molecular weight excluding hydrogens is 280 g/mol. The van der Waals surface area contributed by atoms with Crippen LogP contribution in [0.25, 0.3) is 0 Å². The average Bonchev–Trinajstić information content (AvgIpc) is 2.43. The molecule has 0 saturated heterocycles. The van der Waals surface area contributed by atoms with E-state index in [1.165, 1.54) is 22.5 Å². The summed E-state index contributed by atoms with van der Waals surface area (Å²) in [5, 5.41) is 9.36. The molecule has 0 atom stereocenters. The fourth-order valence-corrected chi connectivity index (χ4v) is 3.49. The molecule has 0 bridgehead atoms. The molecule has 3 N–H and O–H groups in total. The quantitative estimate of drug-likeness (QED) is 0.490. The highest BCUT2D eigenvalue weighted by Crippen LogP contribution is 2.26. The van der Waals surface area contributed by atoms with Crippen LogP contribution in [0, 0.1) is 0 Å². The van der Waals surface area contributed by atoms with Gasteiger partial charge in [0.25, 0.3) is 0 Å². The molecule has 2 rings (SSSR count). The van der Waals surface area contributed by atoms with Crippen LogP contribution in [0.2, 0.25) is 0 Å². The number of benzene rings is 1. The maximum atomic E-state index is 12.4. The van der Waals surface area contributed by atoms with Crippen LogP contribution in [0.5, 0.6) is 5.75 Å². The minimum absolute atomic E-state index is 0.0544. The SMILES string of the molecule is COCC1=CCN(S(=O)(=O)c2ccc(O)c(N)c2)CC1. The zero-order chi connectivity index (χ0) is 14.8. The van der Waals surface area contributed by atoms with Gasteiger partial charge >= 0.3 is 0 Å². The molecule has 1 aromatic rings. The van der Waals surface area contributed by atoms with Crippen molar-refractivity contribution in [1.82, 2.24) is 4.31 Å². The van der Waals surface area contributed by atoms with Gasteiger partial charge in [-0.1, -0.05) is 6.08 Å². The lowest BCUT2D eigenvalue weighted by molar-refractivity contribution is 0.219. The van der Waals surface area contributed by atoms with Crippen molar-refractivity contribution in [3.63, 3.8) is 0 Å². The summed E-state index contributed by atoms with van der Waals surface area (Å²) in [5.41, 5.74) is 6.70. The summed E-state index contributed by atoms with van der Waals surface area (Å²) in [6.45, 7) is 1.26. The molecule has 6 nitrogen and oxygen atoms in total. The molecule has 0 aliphatic carbocycles. The first-order chi connectivity index (χ1) is 9.45. The standard InChI is InChI=1S/C13H18N2O4S/c1-19-9-10-4-6-15(7-5-10)20(17,18)11-2-3-13(16)12(14)8-11/h2-4,8,16H,5-7,9,14H2,1H3. The summed E-state index contributed by atoms with van der Waals surface area (Å²) in [6, 6.07) is 3.92. The summed E-state index contributed by atoms with van der Waals surface area (Å²) in [5.74, 6) is -0.120. The molecule has 0 amide bonds. The van der Waals surface area contributed by atoms with E-state index in [1.807, 2.05) is 6.08 Å². The van der Waals surface area contributed by atoms with Crippen LogP contribution < -0.4 is 5.73 Å². The highest BCUT2D eigenvalue weighted by molar-refractivity contribution is 7.89. The number of phenols is 1. The Morgan fingerprint density at radius 3 is 2.75 bits per heavy atom. The number of anilines is 1. The number of rotatable bonds is 4. The lowest BCUT2D eigenvalue weighted by Crippen LogP contribution is -2.35. The maximum Gasteiger partial charge on any atom is 0.243 e. The van der Waals surface area contributed by atoms with E-state index in [2.05, 4.69) is 0 Å². The Morgan fingerprint density at radius 2 is 2.20 bits per heavy atom. The van der Waals surface area contributed by atoms with Crippen molar-refractivity contribution in [3.05, 3.63) is 29.8 Å². The van der Waals surface area contributed by atoms with Gasteiger partial charge in [-0.2, -0.15) is 4.31 Å². The van der Waals surface area contributed by atoms with Gasteiger partial charge in [0.05, 0.1) is 17.2 Å². The van der Waals surface area contributed by atoms with Gasteiger partial charge in [-0.15, -0.1) is 0 Å². The van der Waals surface area contributed by atoms with Crippen LogP contribution in [-0.2, 0) is 14.8 Å². The monoisotopic (exact) mass is 298 g/mol. The third-order valence-electron chi connectivity index (χ3n) is 3.23. The highest BCUT2D eigenvalue weighted by Gasteiger charge is 2.26. The van der Waals surface area contributed by atoms with Gasteiger partial charge in [0.2, 0.25) is 10.0 Å². The Balaban J connectivity index is 2.21. The van der Waals surface area contributed by atoms with Crippen molar-refractivity contribution in [1.29, 1.82) is 0 Å². The molecule has 1 aromatic carbocycles. The van der Waals surface area contributed by atoms with Crippen LogP contribution in [0.4, 0.5) is 5.69 Å². The second-order valence-corrected chi connectivity index (χ2v) is 6.57. The van der Waals surface area contributed by atoms with E-state index in [9.17, 15) is 13.5 Å². The average molecular weight is 298 g/mol. The molecule has 0 radical (unpaired) electrons. The smallest absolute Gasteiger partial charge is 0.243 e. The van der Waals surface area contributed by atoms with Gasteiger partial charge in [0, 0.05) is 20.2 Å². The van der Waals surface area contributed by atoms with Crippen LogP contribution in [-0.4, -0.2) is 44.6 Å². The van der Waals surface area contributed by atoms with E-state index in [-0.39, 0.29) is 16.3 Å². The molecule has 0 fully saturated rings. The normalized spacial score (nSPS) is 16.9. The first-order valence-electron chi connectivity index (χ1n) is 6.20. The van der Waals surface area contributed by atoms with Gasteiger partial charge in [-0.25, -0.2) is 8.42 Å². The van der Waals surface area contributed by atoms with Crippen LogP contribution >= 0.6 is 0 Å². The summed E-state index contributed by atoms with van der Waals surface area (Å²) in [7, 11) is -1.97. The van der Waals surface area contributed by atoms with Crippen molar-refractivity contribution in [2.24, 2.45) is 0 Å². The Kier molecular flexibility index (Phi) is 4.32. The second-order valence-electron chi connectivity index (χ2n) is 4.63. The third-order valence-corrected chi connectivity index (χ3v) is 5.09. The predicted octanol–water partition coefficient (Wildman–Crippen LogP) is 0.942.